The summed E-state index contributed by atoms with van der Waals surface area (Å²) in [5.41, 5.74) is 0.743. The molecule has 32 heavy (non-hydrogen) atoms. The minimum absolute atomic E-state index is 0.00831. The predicted octanol–water partition coefficient (Wildman–Crippen LogP) is 5.04. The number of hydrogen-bond donors (Lipinski definition) is 3. The van der Waals surface area contributed by atoms with E-state index in [-0.39, 0.29) is 17.9 Å². The highest BCUT2D eigenvalue weighted by Gasteiger charge is 2.29. The Kier molecular flexibility index (Phi) is 6.25. The number of carbonyl (C=O) groups is 1. The van der Waals surface area contributed by atoms with Crippen molar-refractivity contribution in [2.45, 2.75) is 76.9 Å². The maximum Gasteiger partial charge on any atom is 0.229 e. The number of carbonyl (C=O) groups excluding carboxylic acids is 1. The average molecular weight is 455 g/mol. The molecule has 0 saturated heterocycles. The van der Waals surface area contributed by atoms with E-state index in [0.717, 1.165) is 53.2 Å². The fourth-order valence-electron chi connectivity index (χ4n) is 4.81. The van der Waals surface area contributed by atoms with Gasteiger partial charge in [-0.15, -0.1) is 11.3 Å². The normalized spacial score (nSPS) is 22.0. The summed E-state index contributed by atoms with van der Waals surface area (Å²) < 4.78 is 6.42. The molecule has 5 rings (SSSR count). The number of ether oxygens (including phenoxy) is 1. The Morgan fingerprint density at radius 1 is 1.12 bits per heavy atom. The van der Waals surface area contributed by atoms with E-state index in [1.807, 2.05) is 13.0 Å². The number of nitrogens with one attached hydrogen (secondary N) is 3. The number of H-pyrrole nitrogens is 1. The Morgan fingerprint density at radius 3 is 2.69 bits per heavy atom. The highest BCUT2D eigenvalue weighted by atomic mass is 32.1. The summed E-state index contributed by atoms with van der Waals surface area (Å²) >= 11 is 1.51. The first kappa shape index (κ1) is 21.2. The summed E-state index contributed by atoms with van der Waals surface area (Å²) in [5, 5.41) is 15.7. The molecule has 0 aromatic carbocycles. The quantitative estimate of drug-likeness (QED) is 0.482. The predicted molar refractivity (Wildman–Crippen MR) is 126 cm³/mol. The second kappa shape index (κ2) is 9.44. The van der Waals surface area contributed by atoms with E-state index in [2.05, 4.69) is 30.8 Å². The van der Waals surface area contributed by atoms with Gasteiger partial charge in [0.05, 0.1) is 6.10 Å². The van der Waals surface area contributed by atoms with E-state index in [4.69, 9.17) is 4.74 Å². The van der Waals surface area contributed by atoms with Gasteiger partial charge >= 0.3 is 0 Å². The van der Waals surface area contributed by atoms with Gasteiger partial charge in [0.1, 0.15) is 11.1 Å². The molecule has 2 saturated carbocycles. The number of aryl methyl sites for hydroxylation is 1. The van der Waals surface area contributed by atoms with Crippen molar-refractivity contribution in [3.05, 3.63) is 23.3 Å². The summed E-state index contributed by atoms with van der Waals surface area (Å²) in [4.78, 5) is 22.4. The number of aromatic amines is 1. The van der Waals surface area contributed by atoms with Gasteiger partial charge in [-0.1, -0.05) is 19.3 Å². The minimum atomic E-state index is 0.00831. The monoisotopic (exact) mass is 454 g/mol. The van der Waals surface area contributed by atoms with E-state index in [9.17, 15) is 4.79 Å². The molecule has 8 nitrogen and oxygen atoms in total. The number of pyridine rings is 1. The average Bonchev–Trinajstić information content (AvgIpc) is 3.41. The molecular weight excluding hydrogens is 424 g/mol. The molecule has 0 radical (unpaired) electrons. The number of amides is 1. The fourth-order valence-corrected chi connectivity index (χ4v) is 5.48. The van der Waals surface area contributed by atoms with Gasteiger partial charge in [-0.2, -0.15) is 5.10 Å². The van der Waals surface area contributed by atoms with Crippen LogP contribution < -0.4 is 15.4 Å². The van der Waals surface area contributed by atoms with Crippen LogP contribution in [0.2, 0.25) is 0 Å². The SMILES string of the molecule is Cc1cnc(NC(=O)C2CCC(Oc3ccnc4[nH]nc(NC5CCCCC5)c34)CC2)s1. The van der Waals surface area contributed by atoms with Crippen LogP contribution in [0, 0.1) is 12.8 Å². The van der Waals surface area contributed by atoms with Gasteiger partial charge in [-0.25, -0.2) is 9.97 Å². The molecule has 0 aliphatic heterocycles. The molecule has 2 aliphatic rings. The van der Waals surface area contributed by atoms with Gasteiger partial charge in [-0.05, 0) is 51.5 Å². The van der Waals surface area contributed by atoms with Gasteiger partial charge in [0, 0.05) is 29.2 Å². The highest BCUT2D eigenvalue weighted by Crippen LogP contribution is 2.35. The molecule has 3 aromatic heterocycles. The standard InChI is InChI=1S/C23H30N6O2S/c1-14-13-25-23(32-14)27-22(30)15-7-9-17(10-8-15)31-18-11-12-24-20-19(18)21(29-28-20)26-16-5-3-2-4-6-16/h11-13,15-17H,2-10H2,1H3,(H,25,27,30)(H2,24,26,28,29). The zero-order valence-corrected chi connectivity index (χ0v) is 19.2. The molecule has 0 unspecified atom stereocenters. The first-order valence-corrected chi connectivity index (χ1v) is 12.5. The van der Waals surface area contributed by atoms with Gasteiger partial charge < -0.3 is 15.4 Å². The van der Waals surface area contributed by atoms with Crippen molar-refractivity contribution in [1.82, 2.24) is 20.2 Å². The minimum Gasteiger partial charge on any atom is -0.489 e. The topological polar surface area (TPSA) is 105 Å². The van der Waals surface area contributed by atoms with E-state index in [1.165, 1.54) is 43.4 Å². The molecule has 3 aromatic rings. The summed E-state index contributed by atoms with van der Waals surface area (Å²) in [7, 11) is 0. The third-order valence-electron chi connectivity index (χ3n) is 6.56. The highest BCUT2D eigenvalue weighted by molar-refractivity contribution is 7.15. The smallest absolute Gasteiger partial charge is 0.229 e. The van der Waals surface area contributed by atoms with Gasteiger partial charge in [0.15, 0.2) is 16.6 Å². The number of hydrogen-bond acceptors (Lipinski definition) is 7. The molecule has 2 fully saturated rings. The molecule has 1 amide bonds. The first-order valence-electron chi connectivity index (χ1n) is 11.7. The molecule has 0 spiro atoms. The van der Waals surface area contributed by atoms with Crippen LogP contribution in [0.1, 0.15) is 62.7 Å². The lowest BCUT2D eigenvalue weighted by atomic mass is 9.87. The van der Waals surface area contributed by atoms with Crippen molar-refractivity contribution in [2.24, 2.45) is 5.92 Å². The Labute approximate surface area is 191 Å². The van der Waals surface area contributed by atoms with Gasteiger partial charge in [0.2, 0.25) is 5.91 Å². The number of anilines is 2. The lowest BCUT2D eigenvalue weighted by Gasteiger charge is -2.28. The lowest BCUT2D eigenvalue weighted by Crippen LogP contribution is -2.31. The molecule has 3 heterocycles. The van der Waals surface area contributed by atoms with Crippen molar-refractivity contribution < 1.29 is 9.53 Å². The molecule has 2 aliphatic carbocycles. The van der Waals surface area contributed by atoms with Crippen LogP contribution in [0.4, 0.5) is 10.9 Å². The van der Waals surface area contributed by atoms with Crippen LogP contribution in [0.15, 0.2) is 18.5 Å². The van der Waals surface area contributed by atoms with Crippen LogP contribution in [-0.4, -0.2) is 38.2 Å². The third-order valence-corrected chi connectivity index (χ3v) is 7.39. The molecule has 3 N–H and O–H groups in total. The Morgan fingerprint density at radius 2 is 1.94 bits per heavy atom. The van der Waals surface area contributed by atoms with E-state index < -0.39 is 0 Å². The second-order valence-corrected chi connectivity index (χ2v) is 10.2. The van der Waals surface area contributed by atoms with Gasteiger partial charge in [-0.3, -0.25) is 9.89 Å². The Hall–Kier alpha value is -2.68. The summed E-state index contributed by atoms with van der Waals surface area (Å²) in [6.07, 6.45) is 13.2. The summed E-state index contributed by atoms with van der Waals surface area (Å²) in [6, 6.07) is 2.38. The Bertz CT molecular complexity index is 1070. The maximum atomic E-state index is 12.6. The van der Waals surface area contributed by atoms with Crippen molar-refractivity contribution in [1.29, 1.82) is 0 Å². The van der Waals surface area contributed by atoms with Crippen LogP contribution in [0.25, 0.3) is 11.0 Å². The van der Waals surface area contributed by atoms with Crippen molar-refractivity contribution >= 4 is 39.2 Å². The lowest BCUT2D eigenvalue weighted by molar-refractivity contribution is -0.121. The van der Waals surface area contributed by atoms with Gasteiger partial charge in [0.25, 0.3) is 0 Å². The number of fused-ring (bicyclic) bond motifs is 1. The van der Waals surface area contributed by atoms with E-state index in [0.29, 0.717) is 11.2 Å². The largest absolute Gasteiger partial charge is 0.489 e. The van der Waals surface area contributed by atoms with Crippen molar-refractivity contribution in [3.63, 3.8) is 0 Å². The van der Waals surface area contributed by atoms with Crippen molar-refractivity contribution in [3.8, 4) is 5.75 Å². The fraction of sp³-hybridized carbons (Fsp3) is 0.565. The van der Waals surface area contributed by atoms with Crippen LogP contribution >= 0.6 is 11.3 Å². The zero-order valence-electron chi connectivity index (χ0n) is 18.4. The Balaban J connectivity index is 1.21. The van der Waals surface area contributed by atoms with Crippen molar-refractivity contribution in [2.75, 3.05) is 10.6 Å². The van der Waals surface area contributed by atoms with Crippen LogP contribution in [0.5, 0.6) is 5.75 Å². The third kappa shape index (κ3) is 4.72. The van der Waals surface area contributed by atoms with E-state index in [1.54, 1.807) is 12.4 Å². The summed E-state index contributed by atoms with van der Waals surface area (Å²) in [6.45, 7) is 1.99. The van der Waals surface area contributed by atoms with E-state index >= 15 is 0 Å². The number of thiazole rings is 1. The number of nitrogens with zero attached hydrogens (tertiary/aromatic N) is 3. The second-order valence-electron chi connectivity index (χ2n) is 8.94. The first-order chi connectivity index (χ1) is 15.7. The molecule has 170 valence electrons. The molecular formula is C23H30N6O2S. The zero-order chi connectivity index (χ0) is 21.9. The maximum absolute atomic E-state index is 12.6. The number of rotatable bonds is 6. The molecule has 0 atom stereocenters. The number of aromatic nitrogens is 4. The molecule has 9 heteroatoms. The molecule has 0 bridgehead atoms. The van der Waals surface area contributed by atoms with Crippen LogP contribution in [-0.2, 0) is 4.79 Å². The summed E-state index contributed by atoms with van der Waals surface area (Å²) in [5.74, 6) is 1.72. The van der Waals surface area contributed by atoms with Crippen LogP contribution in [0.3, 0.4) is 0 Å².